The molecule has 0 aliphatic carbocycles. The average Bonchev–Trinajstić information content (AvgIpc) is 2.41. The molecule has 0 fully saturated rings. The van der Waals surface area contributed by atoms with Gasteiger partial charge in [-0.05, 0) is 23.3 Å². The minimum atomic E-state index is 1.11. The van der Waals surface area contributed by atoms with Crippen LogP contribution in [0.4, 0.5) is 0 Å². The van der Waals surface area contributed by atoms with Gasteiger partial charge in [0.1, 0.15) is 0 Å². The molecule has 0 aliphatic rings. The number of hydrogen-bond donors (Lipinski definition) is 0. The van der Waals surface area contributed by atoms with Crippen LogP contribution >= 0.6 is 0 Å². The zero-order valence-corrected chi connectivity index (χ0v) is 9.85. The Balaban J connectivity index is 0.000000606. The number of rotatable bonds is 2. The second-order valence-electron chi connectivity index (χ2n) is 3.07. The third kappa shape index (κ3) is 4.14. The Labute approximate surface area is 98.3 Å². The molecule has 0 aromatic heterocycles. The molecule has 0 aliphatic heterocycles. The molecular formula is C16H17. The second-order valence-corrected chi connectivity index (χ2v) is 3.07. The van der Waals surface area contributed by atoms with Crippen molar-refractivity contribution in [1.82, 2.24) is 0 Å². The van der Waals surface area contributed by atoms with Crippen molar-refractivity contribution in [2.45, 2.75) is 13.8 Å². The van der Waals surface area contributed by atoms with E-state index in [4.69, 9.17) is 0 Å². The monoisotopic (exact) mass is 209 g/mol. The molecule has 2 aromatic carbocycles. The second kappa shape index (κ2) is 7.47. The maximum atomic E-state index is 3.24. The fourth-order valence-corrected chi connectivity index (χ4v) is 1.25. The lowest BCUT2D eigenvalue weighted by Crippen LogP contribution is -1.72. The van der Waals surface area contributed by atoms with Crippen molar-refractivity contribution in [2.75, 3.05) is 0 Å². The summed E-state index contributed by atoms with van der Waals surface area (Å²) >= 11 is 0. The molecule has 0 nitrogen and oxygen atoms in total. The third-order valence-electron chi connectivity index (χ3n) is 1.98. The smallest absolute Gasteiger partial charge is 0.00992 e. The van der Waals surface area contributed by atoms with Crippen molar-refractivity contribution in [3.63, 3.8) is 0 Å². The van der Waals surface area contributed by atoms with Crippen molar-refractivity contribution in [2.24, 2.45) is 0 Å². The van der Waals surface area contributed by atoms with Gasteiger partial charge in [0.05, 0.1) is 0 Å². The molecule has 2 rings (SSSR count). The van der Waals surface area contributed by atoms with Gasteiger partial charge >= 0.3 is 0 Å². The topological polar surface area (TPSA) is 0 Å². The molecule has 0 heterocycles. The molecular weight excluding hydrogens is 192 g/mol. The van der Waals surface area contributed by atoms with Gasteiger partial charge in [0, 0.05) is 0 Å². The van der Waals surface area contributed by atoms with Gasteiger partial charge in [0.15, 0.2) is 0 Å². The lowest BCUT2D eigenvalue weighted by atomic mass is 10.1. The highest BCUT2D eigenvalue weighted by Crippen LogP contribution is 2.04. The molecule has 0 amide bonds. The summed E-state index contributed by atoms with van der Waals surface area (Å²) in [4.78, 5) is 0. The maximum absolute atomic E-state index is 3.24. The van der Waals surface area contributed by atoms with E-state index in [1.54, 1.807) is 0 Å². The highest BCUT2D eigenvalue weighted by molar-refractivity contribution is 5.50. The van der Waals surface area contributed by atoms with Gasteiger partial charge in [-0.1, -0.05) is 74.5 Å². The van der Waals surface area contributed by atoms with Gasteiger partial charge in [0.2, 0.25) is 0 Å². The summed E-state index contributed by atoms with van der Waals surface area (Å²) in [5.74, 6) is 0. The first-order chi connectivity index (χ1) is 7.95. The van der Waals surface area contributed by atoms with Crippen molar-refractivity contribution in [1.29, 1.82) is 0 Å². The minimum Gasteiger partial charge on any atom is -0.0683 e. The van der Waals surface area contributed by atoms with Crippen LogP contribution in [0.3, 0.4) is 0 Å². The maximum Gasteiger partial charge on any atom is -0.00992 e. The molecule has 16 heavy (non-hydrogen) atoms. The van der Waals surface area contributed by atoms with E-state index < -0.39 is 0 Å². The van der Waals surface area contributed by atoms with E-state index in [0.29, 0.717) is 0 Å². The van der Waals surface area contributed by atoms with Crippen molar-refractivity contribution in [3.8, 4) is 0 Å². The predicted octanol–water partition coefficient (Wildman–Crippen LogP) is 4.58. The molecule has 0 N–H and O–H groups in total. The fraction of sp³-hybridized carbons (Fsp3) is 0.125. The van der Waals surface area contributed by atoms with Crippen molar-refractivity contribution in [3.05, 3.63) is 77.9 Å². The van der Waals surface area contributed by atoms with Crippen LogP contribution in [0.15, 0.2) is 60.7 Å². The summed E-state index contributed by atoms with van der Waals surface area (Å²) in [6, 6.07) is 20.3. The molecule has 2 aromatic rings. The Kier molecular flexibility index (Phi) is 5.72. The van der Waals surface area contributed by atoms with Crippen LogP contribution in [0.5, 0.6) is 0 Å². The van der Waals surface area contributed by atoms with E-state index in [0.717, 1.165) is 5.56 Å². The molecule has 0 bridgehead atoms. The van der Waals surface area contributed by atoms with Crippen LogP contribution in [-0.2, 0) is 0 Å². The van der Waals surface area contributed by atoms with E-state index in [-0.39, 0.29) is 0 Å². The molecule has 0 saturated carbocycles. The molecule has 0 atom stereocenters. The highest BCUT2D eigenvalue weighted by atomic mass is 13.9. The Morgan fingerprint density at radius 3 is 1.81 bits per heavy atom. The van der Waals surface area contributed by atoms with Crippen LogP contribution in [0.2, 0.25) is 0 Å². The van der Waals surface area contributed by atoms with Gasteiger partial charge < -0.3 is 0 Å². The molecule has 0 heteroatoms. The Hall–Kier alpha value is -1.82. The van der Waals surface area contributed by atoms with Gasteiger partial charge in [-0.2, -0.15) is 0 Å². The largest absolute Gasteiger partial charge is 0.0683 e. The van der Waals surface area contributed by atoms with Crippen molar-refractivity contribution >= 4 is 6.08 Å². The van der Waals surface area contributed by atoms with Gasteiger partial charge in [-0.3, -0.25) is 0 Å². The SMILES string of the molecule is CC.[C](=Cc1ccccc1)c1ccccc1. The summed E-state index contributed by atoms with van der Waals surface area (Å²) in [6.07, 6.45) is 5.23. The predicted molar refractivity (Wildman–Crippen MR) is 71.0 cm³/mol. The minimum absolute atomic E-state index is 1.11. The molecule has 0 saturated heterocycles. The number of benzene rings is 2. The van der Waals surface area contributed by atoms with E-state index in [1.807, 2.05) is 68.5 Å². The zero-order chi connectivity index (χ0) is 11.6. The van der Waals surface area contributed by atoms with E-state index in [2.05, 4.69) is 18.2 Å². The molecule has 1 radical (unpaired) electrons. The van der Waals surface area contributed by atoms with Crippen molar-refractivity contribution < 1.29 is 0 Å². The Bertz CT molecular complexity index is 357. The van der Waals surface area contributed by atoms with E-state index in [9.17, 15) is 0 Å². The normalized spacial score (nSPS) is 9.62. The van der Waals surface area contributed by atoms with Gasteiger partial charge in [0.25, 0.3) is 0 Å². The first-order valence-electron chi connectivity index (χ1n) is 5.65. The van der Waals surface area contributed by atoms with Gasteiger partial charge in [-0.25, -0.2) is 0 Å². The number of hydrogen-bond acceptors (Lipinski definition) is 0. The molecule has 81 valence electrons. The molecule has 0 spiro atoms. The average molecular weight is 209 g/mol. The summed E-state index contributed by atoms with van der Waals surface area (Å²) in [5, 5.41) is 0. The fourth-order valence-electron chi connectivity index (χ4n) is 1.25. The van der Waals surface area contributed by atoms with Crippen LogP contribution in [0, 0.1) is 6.08 Å². The first kappa shape index (κ1) is 12.3. The summed E-state index contributed by atoms with van der Waals surface area (Å²) in [5.41, 5.74) is 2.28. The summed E-state index contributed by atoms with van der Waals surface area (Å²) in [6.45, 7) is 4.00. The standard InChI is InChI=1S/C14H11.C2H6/c1-3-7-13(8-4-1)11-12-14-9-5-2-6-10-14;1-2/h1-11H;1-2H3. The lowest BCUT2D eigenvalue weighted by Gasteiger charge is -1.91. The van der Waals surface area contributed by atoms with E-state index >= 15 is 0 Å². The molecule has 0 unspecified atom stereocenters. The Morgan fingerprint density at radius 1 is 0.750 bits per heavy atom. The van der Waals surface area contributed by atoms with Crippen LogP contribution in [-0.4, -0.2) is 0 Å². The van der Waals surface area contributed by atoms with Crippen LogP contribution in [0.1, 0.15) is 25.0 Å². The summed E-state index contributed by atoms with van der Waals surface area (Å²) in [7, 11) is 0. The summed E-state index contributed by atoms with van der Waals surface area (Å²) < 4.78 is 0. The van der Waals surface area contributed by atoms with Crippen LogP contribution in [0.25, 0.3) is 6.08 Å². The quantitative estimate of drug-likeness (QED) is 0.635. The lowest BCUT2D eigenvalue weighted by molar-refractivity contribution is 1.50. The first-order valence-corrected chi connectivity index (χ1v) is 5.65. The Morgan fingerprint density at radius 2 is 1.25 bits per heavy atom. The highest BCUT2D eigenvalue weighted by Gasteiger charge is 1.85. The zero-order valence-electron chi connectivity index (χ0n) is 9.85. The van der Waals surface area contributed by atoms with Crippen LogP contribution < -0.4 is 0 Å². The third-order valence-corrected chi connectivity index (χ3v) is 1.98. The van der Waals surface area contributed by atoms with Gasteiger partial charge in [-0.15, -0.1) is 0 Å². The van der Waals surface area contributed by atoms with E-state index in [1.165, 1.54) is 5.56 Å².